The molecular weight excluding hydrogens is 520 g/mol. The molecule has 194 valence electrons. The lowest BCUT2D eigenvalue weighted by Crippen LogP contribution is -2.15. The summed E-state index contributed by atoms with van der Waals surface area (Å²) in [6, 6.07) is 22.9. The molecule has 0 bridgehead atoms. The molecule has 4 rings (SSSR count). The van der Waals surface area contributed by atoms with Gasteiger partial charge in [-0.05, 0) is 84.7 Å². The van der Waals surface area contributed by atoms with Crippen molar-refractivity contribution in [2.24, 2.45) is 0 Å². The number of hydrogen-bond acceptors (Lipinski definition) is 4. The van der Waals surface area contributed by atoms with Crippen LogP contribution in [0.4, 0.5) is 4.39 Å². The third-order valence-electron chi connectivity index (χ3n) is 6.08. The Morgan fingerprint density at radius 2 is 1.41 bits per heavy atom. The number of unbranched alkanes of at least 4 members (excludes halogenated alkanes) is 5. The molecule has 0 aliphatic rings. The molecule has 0 aliphatic heterocycles. The van der Waals surface area contributed by atoms with Crippen LogP contribution in [-0.2, 0) is 10.9 Å². The zero-order valence-corrected chi connectivity index (χ0v) is 24.0. The van der Waals surface area contributed by atoms with Gasteiger partial charge in [-0.25, -0.2) is 9.18 Å². The van der Waals surface area contributed by atoms with E-state index in [9.17, 15) is 9.18 Å². The second kappa shape index (κ2) is 14.1. The van der Waals surface area contributed by atoms with E-state index in [0.717, 1.165) is 31.6 Å². The minimum absolute atomic E-state index is 0.291. The van der Waals surface area contributed by atoms with Crippen LogP contribution < -0.4 is 5.63 Å². The number of rotatable bonds is 13. The van der Waals surface area contributed by atoms with E-state index in [1.807, 2.05) is 30.0 Å². The maximum absolute atomic E-state index is 13.7. The molecule has 1 atom stereocenters. The molecule has 0 spiro atoms. The maximum atomic E-state index is 13.7. The van der Waals surface area contributed by atoms with Gasteiger partial charge in [-0.15, -0.1) is 23.5 Å². The Labute approximate surface area is 230 Å². The van der Waals surface area contributed by atoms with Gasteiger partial charge in [0.15, 0.2) is 9.79 Å². The van der Waals surface area contributed by atoms with Crippen molar-refractivity contribution in [3.05, 3.63) is 89.0 Å². The highest BCUT2D eigenvalue weighted by Crippen LogP contribution is 2.33. The summed E-state index contributed by atoms with van der Waals surface area (Å²) < 4.78 is 19.6. The molecule has 0 aliphatic carbocycles. The van der Waals surface area contributed by atoms with Crippen molar-refractivity contribution in [3.8, 4) is 0 Å². The topological polar surface area (TPSA) is 30.2 Å². The number of fused-ring (bicyclic) bond motifs is 1. The highest BCUT2D eigenvalue weighted by molar-refractivity contribution is 7.99. The van der Waals surface area contributed by atoms with Gasteiger partial charge < -0.3 is 4.42 Å². The Morgan fingerprint density at radius 3 is 2.11 bits per heavy atom. The predicted octanol–water partition coefficient (Wildman–Crippen LogP) is 9.59. The average Bonchev–Trinajstić information content (AvgIpc) is 2.91. The Kier molecular flexibility index (Phi) is 10.6. The van der Waals surface area contributed by atoms with Crippen molar-refractivity contribution in [1.29, 1.82) is 0 Å². The largest absolute Gasteiger partial charge is 0.419 e. The van der Waals surface area contributed by atoms with Crippen molar-refractivity contribution in [3.63, 3.8) is 0 Å². The van der Waals surface area contributed by atoms with E-state index in [4.69, 9.17) is 4.42 Å². The second-order valence-corrected chi connectivity index (χ2v) is 13.4. The number of thioether (sulfide) groups is 2. The Bertz CT molecular complexity index is 1330. The van der Waals surface area contributed by atoms with Gasteiger partial charge in [-0.2, -0.15) is 0 Å². The van der Waals surface area contributed by atoms with Crippen molar-refractivity contribution in [2.75, 3.05) is 11.5 Å². The normalized spacial score (nSPS) is 12.2. The molecule has 4 aromatic rings. The number of hydrogen-bond donors (Lipinski definition) is 0. The SMILES string of the molecule is CCCCCCCCSc1ccc([S+](c2ccc(F)cc2)c2cc3ccc(SCC)cc3oc2=O)cc1. The molecule has 1 heterocycles. The molecule has 0 fully saturated rings. The van der Waals surface area contributed by atoms with Crippen molar-refractivity contribution in [2.45, 2.75) is 76.8 Å². The van der Waals surface area contributed by atoms with E-state index in [2.05, 4.69) is 44.2 Å². The Morgan fingerprint density at radius 1 is 0.757 bits per heavy atom. The van der Waals surface area contributed by atoms with Crippen LogP contribution >= 0.6 is 23.5 Å². The summed E-state index contributed by atoms with van der Waals surface area (Å²) in [5.41, 5.74) is 0.247. The highest BCUT2D eigenvalue weighted by atomic mass is 32.2. The summed E-state index contributed by atoms with van der Waals surface area (Å²) >= 11 is 3.60. The first-order valence-corrected chi connectivity index (χ1v) is 16.2. The van der Waals surface area contributed by atoms with Crippen LogP contribution in [0.15, 0.2) is 106 Å². The van der Waals surface area contributed by atoms with Crippen LogP contribution in [0, 0.1) is 5.82 Å². The fourth-order valence-electron chi connectivity index (χ4n) is 4.18. The van der Waals surface area contributed by atoms with Crippen LogP contribution in [0.2, 0.25) is 0 Å². The van der Waals surface area contributed by atoms with E-state index in [1.165, 1.54) is 55.6 Å². The van der Waals surface area contributed by atoms with Crippen molar-refractivity contribution >= 4 is 45.4 Å². The van der Waals surface area contributed by atoms with Gasteiger partial charge in [-0.1, -0.05) is 46.0 Å². The van der Waals surface area contributed by atoms with Crippen LogP contribution in [0.5, 0.6) is 0 Å². The van der Waals surface area contributed by atoms with E-state index in [1.54, 1.807) is 23.9 Å². The first-order valence-electron chi connectivity index (χ1n) is 13.0. The number of benzene rings is 3. The molecule has 6 heteroatoms. The molecule has 37 heavy (non-hydrogen) atoms. The van der Waals surface area contributed by atoms with E-state index >= 15 is 0 Å². The molecule has 1 aromatic heterocycles. The van der Waals surface area contributed by atoms with Gasteiger partial charge in [0.25, 0.3) is 4.90 Å². The average molecular weight is 554 g/mol. The van der Waals surface area contributed by atoms with Gasteiger partial charge in [0, 0.05) is 21.2 Å². The molecule has 0 saturated heterocycles. The number of halogens is 1. The zero-order valence-electron chi connectivity index (χ0n) is 21.5. The lowest BCUT2D eigenvalue weighted by Gasteiger charge is -2.09. The zero-order chi connectivity index (χ0) is 26.0. The standard InChI is InChI=1S/C31H34FO2S3/c1-3-5-6-7-8-9-20-36-25-14-18-28(19-15-25)37(27-16-11-24(32)12-17-27)30-21-23-10-13-26(35-4-2)22-29(23)34-31(30)33/h10-19,21-22H,3-9,20H2,1-2H3/q+1. The minimum atomic E-state index is -0.707. The third-order valence-corrected chi connectivity index (χ3v) is 10.3. The maximum Gasteiger partial charge on any atom is 0.393 e. The molecular formula is C31H34FO2S3+. The summed E-state index contributed by atoms with van der Waals surface area (Å²) in [5.74, 6) is 1.77. The molecule has 3 aromatic carbocycles. The van der Waals surface area contributed by atoms with E-state index in [-0.39, 0.29) is 11.4 Å². The van der Waals surface area contributed by atoms with Gasteiger partial charge in [-0.3, -0.25) is 0 Å². The summed E-state index contributed by atoms with van der Waals surface area (Å²) in [7, 11) is -0.707. The third kappa shape index (κ3) is 7.68. The molecule has 1 unspecified atom stereocenters. The smallest absolute Gasteiger partial charge is 0.393 e. The fourth-order valence-corrected chi connectivity index (χ4v) is 7.83. The van der Waals surface area contributed by atoms with Gasteiger partial charge >= 0.3 is 5.63 Å². The monoisotopic (exact) mass is 553 g/mol. The van der Waals surface area contributed by atoms with Crippen LogP contribution in [0.25, 0.3) is 11.0 Å². The lowest BCUT2D eigenvalue weighted by molar-refractivity contribution is 0.542. The Balaban J connectivity index is 1.59. The van der Waals surface area contributed by atoms with Crippen molar-refractivity contribution in [1.82, 2.24) is 0 Å². The molecule has 0 N–H and O–H groups in total. The minimum Gasteiger partial charge on any atom is -0.419 e. The first-order chi connectivity index (χ1) is 18.1. The van der Waals surface area contributed by atoms with Gasteiger partial charge in [0.05, 0.1) is 0 Å². The molecule has 0 radical (unpaired) electrons. The van der Waals surface area contributed by atoms with E-state index < -0.39 is 10.9 Å². The highest BCUT2D eigenvalue weighted by Gasteiger charge is 2.33. The summed E-state index contributed by atoms with van der Waals surface area (Å²) in [4.78, 5) is 18.0. The van der Waals surface area contributed by atoms with Crippen LogP contribution in [0.1, 0.15) is 52.4 Å². The summed E-state index contributed by atoms with van der Waals surface area (Å²) in [5, 5.41) is 0.890. The lowest BCUT2D eigenvalue weighted by atomic mass is 10.1. The molecule has 0 amide bonds. The summed E-state index contributed by atoms with van der Waals surface area (Å²) in [6.45, 7) is 4.34. The van der Waals surface area contributed by atoms with Gasteiger partial charge in [0.1, 0.15) is 22.3 Å². The Hall–Kier alpha value is -2.15. The van der Waals surface area contributed by atoms with Crippen molar-refractivity contribution < 1.29 is 8.81 Å². The first kappa shape index (κ1) is 27.9. The summed E-state index contributed by atoms with van der Waals surface area (Å²) in [6.07, 6.45) is 7.78. The van der Waals surface area contributed by atoms with Gasteiger partial charge in [0.2, 0.25) is 0 Å². The van der Waals surface area contributed by atoms with Crippen LogP contribution in [-0.4, -0.2) is 11.5 Å². The molecule has 2 nitrogen and oxygen atoms in total. The van der Waals surface area contributed by atoms with E-state index in [0.29, 0.717) is 10.5 Å². The molecule has 0 saturated carbocycles. The quantitative estimate of drug-likeness (QED) is 0.0714. The predicted molar refractivity (Wildman–Crippen MR) is 158 cm³/mol. The fraction of sp³-hybridized carbons (Fsp3) is 0.323. The van der Waals surface area contributed by atoms with Crippen LogP contribution in [0.3, 0.4) is 0 Å². The second-order valence-electron chi connectivity index (χ2n) is 8.88.